The van der Waals surface area contributed by atoms with Crippen LogP contribution in [-0.2, 0) is 13.1 Å². The number of likely N-dealkylation sites (N-methyl/N-ethyl adjacent to an activating group) is 2. The summed E-state index contributed by atoms with van der Waals surface area (Å²) in [4.78, 5) is 2.43. The summed E-state index contributed by atoms with van der Waals surface area (Å²) in [5, 5.41) is 7.65. The first kappa shape index (κ1) is 13.2. The summed E-state index contributed by atoms with van der Waals surface area (Å²) in [7, 11) is 0. The topological polar surface area (TPSA) is 33.1 Å². The van der Waals surface area contributed by atoms with Gasteiger partial charge in [0.25, 0.3) is 0 Å². The third-order valence-electron chi connectivity index (χ3n) is 2.72. The van der Waals surface area contributed by atoms with Gasteiger partial charge < -0.3 is 5.32 Å². The second-order valence-corrected chi connectivity index (χ2v) is 3.93. The fourth-order valence-electron chi connectivity index (χ4n) is 1.68. The van der Waals surface area contributed by atoms with Crippen LogP contribution in [0.5, 0.6) is 0 Å². The molecule has 0 aliphatic carbocycles. The van der Waals surface area contributed by atoms with Crippen LogP contribution in [0.2, 0.25) is 0 Å². The van der Waals surface area contributed by atoms with Gasteiger partial charge in [0.2, 0.25) is 0 Å². The Balaban J connectivity index is 2.36. The molecule has 0 bridgehead atoms. The standard InChI is InChI=1S/C12H24N4/c1-4-13-7-8-15(5-2)10-12-9-14-16(6-3)11-12/h9,11,13H,4-8,10H2,1-3H3. The summed E-state index contributed by atoms with van der Waals surface area (Å²) in [6, 6.07) is 0. The average Bonchev–Trinajstić information content (AvgIpc) is 2.75. The Hall–Kier alpha value is -0.870. The normalized spacial score (nSPS) is 11.2. The first-order chi connectivity index (χ1) is 7.80. The van der Waals surface area contributed by atoms with Crippen LogP contribution >= 0.6 is 0 Å². The minimum absolute atomic E-state index is 0.948. The van der Waals surface area contributed by atoms with Gasteiger partial charge in [-0.15, -0.1) is 0 Å². The lowest BCUT2D eigenvalue weighted by atomic mass is 10.3. The summed E-state index contributed by atoms with van der Waals surface area (Å²) in [6.07, 6.45) is 4.11. The fraction of sp³-hybridized carbons (Fsp3) is 0.750. The lowest BCUT2D eigenvalue weighted by molar-refractivity contribution is 0.280. The van der Waals surface area contributed by atoms with E-state index < -0.39 is 0 Å². The highest BCUT2D eigenvalue weighted by molar-refractivity contribution is 5.03. The molecule has 0 atom stereocenters. The molecule has 0 radical (unpaired) electrons. The van der Waals surface area contributed by atoms with Gasteiger partial charge in [-0.2, -0.15) is 5.10 Å². The summed E-state index contributed by atoms with van der Waals surface area (Å²) in [5.74, 6) is 0. The number of rotatable bonds is 8. The van der Waals surface area contributed by atoms with E-state index in [9.17, 15) is 0 Å². The molecule has 1 aromatic rings. The molecule has 0 aliphatic heterocycles. The van der Waals surface area contributed by atoms with Crippen LogP contribution < -0.4 is 5.32 Å². The Kier molecular flexibility index (Phi) is 6.11. The molecule has 1 rings (SSSR count). The number of hydrogen-bond acceptors (Lipinski definition) is 3. The van der Waals surface area contributed by atoms with E-state index in [0.29, 0.717) is 0 Å². The third kappa shape index (κ3) is 4.33. The van der Waals surface area contributed by atoms with E-state index >= 15 is 0 Å². The molecular formula is C12H24N4. The van der Waals surface area contributed by atoms with Crippen LogP contribution in [0.4, 0.5) is 0 Å². The minimum atomic E-state index is 0.948. The predicted octanol–water partition coefficient (Wildman–Crippen LogP) is 1.33. The smallest absolute Gasteiger partial charge is 0.0534 e. The SMILES string of the molecule is CCNCCN(CC)Cc1cnn(CC)c1. The van der Waals surface area contributed by atoms with Crippen molar-refractivity contribution >= 4 is 0 Å². The van der Waals surface area contributed by atoms with Crippen LogP contribution in [-0.4, -0.2) is 40.9 Å². The first-order valence-electron chi connectivity index (χ1n) is 6.24. The summed E-state index contributed by atoms with van der Waals surface area (Å²) in [5.41, 5.74) is 1.31. The van der Waals surface area contributed by atoms with E-state index in [1.54, 1.807) is 0 Å². The molecule has 0 saturated heterocycles. The van der Waals surface area contributed by atoms with Crippen molar-refractivity contribution in [2.45, 2.75) is 33.9 Å². The van der Waals surface area contributed by atoms with E-state index in [0.717, 1.165) is 39.3 Å². The van der Waals surface area contributed by atoms with Crippen molar-refractivity contribution in [3.05, 3.63) is 18.0 Å². The van der Waals surface area contributed by atoms with Crippen LogP contribution in [0, 0.1) is 0 Å². The summed E-state index contributed by atoms with van der Waals surface area (Å²) in [6.45, 7) is 12.7. The number of aromatic nitrogens is 2. The molecule has 1 heterocycles. The van der Waals surface area contributed by atoms with Gasteiger partial charge in [-0.25, -0.2) is 0 Å². The van der Waals surface area contributed by atoms with E-state index in [4.69, 9.17) is 0 Å². The van der Waals surface area contributed by atoms with Gasteiger partial charge in [-0.05, 0) is 20.0 Å². The molecule has 0 spiro atoms. The second kappa shape index (κ2) is 7.41. The maximum absolute atomic E-state index is 4.29. The highest BCUT2D eigenvalue weighted by atomic mass is 15.3. The quantitative estimate of drug-likeness (QED) is 0.676. The third-order valence-corrected chi connectivity index (χ3v) is 2.72. The molecule has 0 fully saturated rings. The van der Waals surface area contributed by atoms with Gasteiger partial charge in [0.1, 0.15) is 0 Å². The minimum Gasteiger partial charge on any atom is -0.316 e. The number of nitrogens with one attached hydrogen (secondary N) is 1. The van der Waals surface area contributed by atoms with Gasteiger partial charge in [0.15, 0.2) is 0 Å². The molecular weight excluding hydrogens is 200 g/mol. The number of nitrogens with zero attached hydrogens (tertiary/aromatic N) is 3. The molecule has 4 nitrogen and oxygen atoms in total. The summed E-state index contributed by atoms with van der Waals surface area (Å²) < 4.78 is 1.98. The highest BCUT2D eigenvalue weighted by Gasteiger charge is 2.04. The number of hydrogen-bond donors (Lipinski definition) is 1. The van der Waals surface area contributed by atoms with Crippen LogP contribution in [0.1, 0.15) is 26.3 Å². The van der Waals surface area contributed by atoms with Crippen molar-refractivity contribution in [2.24, 2.45) is 0 Å². The molecule has 4 heteroatoms. The molecule has 1 N–H and O–H groups in total. The van der Waals surface area contributed by atoms with Crippen LogP contribution in [0.15, 0.2) is 12.4 Å². The molecule has 0 amide bonds. The molecule has 0 aliphatic rings. The Bertz CT molecular complexity index is 282. The molecule has 1 aromatic heterocycles. The van der Waals surface area contributed by atoms with Gasteiger partial charge in [0, 0.05) is 37.9 Å². The lowest BCUT2D eigenvalue weighted by Crippen LogP contribution is -2.31. The maximum atomic E-state index is 4.29. The van der Waals surface area contributed by atoms with Gasteiger partial charge in [-0.3, -0.25) is 9.58 Å². The first-order valence-corrected chi connectivity index (χ1v) is 6.24. The zero-order chi connectivity index (χ0) is 11.8. The van der Waals surface area contributed by atoms with Crippen molar-refractivity contribution in [3.8, 4) is 0 Å². The zero-order valence-corrected chi connectivity index (χ0v) is 10.7. The summed E-state index contributed by atoms with van der Waals surface area (Å²) >= 11 is 0. The van der Waals surface area contributed by atoms with Gasteiger partial charge in [0.05, 0.1) is 6.20 Å². The Morgan fingerprint density at radius 1 is 1.38 bits per heavy atom. The van der Waals surface area contributed by atoms with E-state index in [2.05, 4.69) is 42.3 Å². The lowest BCUT2D eigenvalue weighted by Gasteiger charge is -2.19. The molecule has 0 saturated carbocycles. The molecule has 92 valence electrons. The van der Waals surface area contributed by atoms with Crippen molar-refractivity contribution in [1.82, 2.24) is 20.0 Å². The average molecular weight is 224 g/mol. The van der Waals surface area contributed by atoms with Gasteiger partial charge >= 0.3 is 0 Å². The zero-order valence-electron chi connectivity index (χ0n) is 10.7. The van der Waals surface area contributed by atoms with Crippen LogP contribution in [0.3, 0.4) is 0 Å². The molecule has 0 unspecified atom stereocenters. The van der Waals surface area contributed by atoms with E-state index in [1.807, 2.05) is 10.9 Å². The predicted molar refractivity (Wildman–Crippen MR) is 67.4 cm³/mol. The van der Waals surface area contributed by atoms with E-state index in [-0.39, 0.29) is 0 Å². The fourth-order valence-corrected chi connectivity index (χ4v) is 1.68. The molecule has 16 heavy (non-hydrogen) atoms. The Labute approximate surface area is 98.6 Å². The van der Waals surface area contributed by atoms with E-state index in [1.165, 1.54) is 5.56 Å². The maximum Gasteiger partial charge on any atom is 0.0534 e. The largest absolute Gasteiger partial charge is 0.316 e. The Morgan fingerprint density at radius 2 is 2.19 bits per heavy atom. The number of aryl methyl sites for hydroxylation is 1. The second-order valence-electron chi connectivity index (χ2n) is 3.93. The van der Waals surface area contributed by atoms with Gasteiger partial charge in [-0.1, -0.05) is 13.8 Å². The monoisotopic (exact) mass is 224 g/mol. The van der Waals surface area contributed by atoms with Crippen molar-refractivity contribution in [3.63, 3.8) is 0 Å². The Morgan fingerprint density at radius 3 is 2.75 bits per heavy atom. The van der Waals surface area contributed by atoms with Crippen molar-refractivity contribution < 1.29 is 0 Å². The van der Waals surface area contributed by atoms with Crippen molar-refractivity contribution in [1.29, 1.82) is 0 Å². The van der Waals surface area contributed by atoms with Crippen LogP contribution in [0.25, 0.3) is 0 Å². The highest BCUT2D eigenvalue weighted by Crippen LogP contribution is 2.03. The molecule has 0 aromatic carbocycles. The van der Waals surface area contributed by atoms with Crippen molar-refractivity contribution in [2.75, 3.05) is 26.2 Å².